The first-order valence-electron chi connectivity index (χ1n) is 8.33. The van der Waals surface area contributed by atoms with E-state index in [9.17, 15) is 10.2 Å². The third-order valence-electron chi connectivity index (χ3n) is 4.87. The quantitative estimate of drug-likeness (QED) is 0.720. The van der Waals surface area contributed by atoms with Gasteiger partial charge in [0, 0.05) is 5.56 Å². The highest BCUT2D eigenvalue weighted by molar-refractivity contribution is 6.74. The maximum absolute atomic E-state index is 10.8. The van der Waals surface area contributed by atoms with Gasteiger partial charge in [0.1, 0.15) is 5.75 Å². The van der Waals surface area contributed by atoms with Crippen LogP contribution in [0.4, 0.5) is 0 Å². The maximum atomic E-state index is 10.8. The van der Waals surface area contributed by atoms with Crippen molar-refractivity contribution in [2.45, 2.75) is 51.9 Å². The lowest BCUT2D eigenvalue weighted by molar-refractivity contribution is 0.200. The molecule has 0 saturated heterocycles. The van der Waals surface area contributed by atoms with Gasteiger partial charge in [0.05, 0.1) is 6.10 Å². The minimum Gasteiger partial charge on any atom is -0.541 e. The first-order valence-corrected chi connectivity index (χ1v) is 11.2. The number of benzene rings is 2. The van der Waals surface area contributed by atoms with Gasteiger partial charge in [-0.05, 0) is 42.2 Å². The Kier molecular flexibility index (Phi) is 5.11. The molecule has 24 heavy (non-hydrogen) atoms. The smallest absolute Gasteiger partial charge is 0.250 e. The van der Waals surface area contributed by atoms with Gasteiger partial charge in [0.2, 0.25) is 0 Å². The molecule has 0 fully saturated rings. The van der Waals surface area contributed by atoms with Crippen molar-refractivity contribution in [3.63, 3.8) is 0 Å². The van der Waals surface area contributed by atoms with Gasteiger partial charge < -0.3 is 14.6 Å². The summed E-state index contributed by atoms with van der Waals surface area (Å²) in [5.74, 6) is 0.648. The fourth-order valence-corrected chi connectivity index (χ4v) is 3.38. The van der Waals surface area contributed by atoms with Crippen LogP contribution in [0.25, 0.3) is 11.1 Å². The molecule has 1 atom stereocenters. The van der Waals surface area contributed by atoms with Crippen LogP contribution in [0.2, 0.25) is 18.1 Å². The van der Waals surface area contributed by atoms with Crippen molar-refractivity contribution in [2.24, 2.45) is 0 Å². The molecule has 0 bridgehead atoms. The molecule has 0 radical (unpaired) electrons. The van der Waals surface area contributed by atoms with Gasteiger partial charge in [-0.3, -0.25) is 0 Å². The third kappa shape index (κ3) is 3.65. The van der Waals surface area contributed by atoms with Crippen LogP contribution in [-0.2, 0) is 0 Å². The second kappa shape index (κ2) is 6.61. The van der Waals surface area contributed by atoms with E-state index < -0.39 is 14.4 Å². The molecule has 0 heterocycles. The highest BCUT2D eigenvalue weighted by Crippen LogP contribution is 2.44. The number of rotatable bonds is 4. The van der Waals surface area contributed by atoms with Crippen LogP contribution < -0.4 is 4.43 Å². The normalized spacial score (nSPS) is 13.6. The molecule has 0 spiro atoms. The number of para-hydroxylation sites is 1. The van der Waals surface area contributed by atoms with E-state index in [0.717, 1.165) is 11.1 Å². The van der Waals surface area contributed by atoms with Gasteiger partial charge in [0.25, 0.3) is 8.32 Å². The van der Waals surface area contributed by atoms with Crippen LogP contribution in [0.15, 0.2) is 42.5 Å². The largest absolute Gasteiger partial charge is 0.541 e. The van der Waals surface area contributed by atoms with Crippen molar-refractivity contribution >= 4 is 8.32 Å². The monoisotopic (exact) mass is 344 g/mol. The van der Waals surface area contributed by atoms with Gasteiger partial charge in [-0.2, -0.15) is 0 Å². The van der Waals surface area contributed by atoms with Gasteiger partial charge in [0.15, 0.2) is 5.75 Å². The zero-order chi connectivity index (χ0) is 18.1. The predicted molar refractivity (Wildman–Crippen MR) is 102 cm³/mol. The summed E-state index contributed by atoms with van der Waals surface area (Å²) in [6, 6.07) is 13.1. The van der Waals surface area contributed by atoms with Crippen molar-refractivity contribution < 1.29 is 14.6 Å². The number of phenolic OH excluding ortho intramolecular Hbond substituents is 1. The lowest BCUT2D eigenvalue weighted by Crippen LogP contribution is -2.43. The van der Waals surface area contributed by atoms with Crippen molar-refractivity contribution in [1.29, 1.82) is 0 Å². The molecule has 0 aliphatic rings. The van der Waals surface area contributed by atoms with Gasteiger partial charge >= 0.3 is 0 Å². The molecular weight excluding hydrogens is 316 g/mol. The molecular formula is C20H28O3Si. The molecule has 0 aliphatic carbocycles. The van der Waals surface area contributed by atoms with Gasteiger partial charge in [-0.25, -0.2) is 0 Å². The highest BCUT2D eigenvalue weighted by atomic mass is 28.4. The van der Waals surface area contributed by atoms with E-state index in [1.807, 2.05) is 42.5 Å². The predicted octanol–water partition coefficient (Wildman–Crippen LogP) is 5.50. The molecule has 0 aliphatic heterocycles. The average molecular weight is 345 g/mol. The van der Waals surface area contributed by atoms with E-state index in [0.29, 0.717) is 11.3 Å². The Morgan fingerprint density at radius 2 is 1.54 bits per heavy atom. The number of aliphatic hydroxyl groups is 1. The Morgan fingerprint density at radius 1 is 0.958 bits per heavy atom. The molecule has 1 unspecified atom stereocenters. The minimum absolute atomic E-state index is 0.0486. The zero-order valence-corrected chi connectivity index (χ0v) is 16.4. The number of hydrogen-bond acceptors (Lipinski definition) is 3. The first kappa shape index (κ1) is 18.6. The van der Waals surface area contributed by atoms with Crippen LogP contribution >= 0.6 is 0 Å². The van der Waals surface area contributed by atoms with Crippen LogP contribution in [0.1, 0.15) is 39.4 Å². The van der Waals surface area contributed by atoms with E-state index in [4.69, 9.17) is 4.43 Å². The van der Waals surface area contributed by atoms with Crippen LogP contribution in [-0.4, -0.2) is 18.5 Å². The summed E-state index contributed by atoms with van der Waals surface area (Å²) in [6.07, 6.45) is -0.606. The molecule has 0 amide bonds. The number of aromatic hydroxyl groups is 1. The lowest BCUT2D eigenvalue weighted by atomic mass is 9.96. The topological polar surface area (TPSA) is 49.7 Å². The molecule has 0 saturated carbocycles. The summed E-state index contributed by atoms with van der Waals surface area (Å²) in [6.45, 7) is 12.5. The number of phenols is 1. The summed E-state index contributed by atoms with van der Waals surface area (Å²) in [4.78, 5) is 0. The van der Waals surface area contributed by atoms with Crippen LogP contribution in [0.5, 0.6) is 11.5 Å². The van der Waals surface area contributed by atoms with Crippen LogP contribution in [0.3, 0.4) is 0 Å². The summed E-state index contributed by atoms with van der Waals surface area (Å²) in [5.41, 5.74) is 2.30. The molecule has 2 aromatic rings. The van der Waals surface area contributed by atoms with Gasteiger partial charge in [-0.1, -0.05) is 57.2 Å². The third-order valence-corrected chi connectivity index (χ3v) is 9.21. The highest BCUT2D eigenvalue weighted by Gasteiger charge is 2.39. The molecule has 2 rings (SSSR count). The summed E-state index contributed by atoms with van der Waals surface area (Å²) in [7, 11) is -2.05. The Balaban J connectivity index is 2.51. The second-order valence-electron chi connectivity index (χ2n) is 7.78. The minimum atomic E-state index is -2.05. The molecule has 4 heteroatoms. The Morgan fingerprint density at radius 3 is 2.12 bits per heavy atom. The molecule has 3 nitrogen and oxygen atoms in total. The van der Waals surface area contributed by atoms with Crippen molar-refractivity contribution in [1.82, 2.24) is 0 Å². The standard InChI is InChI=1S/C20H28O3Si/c1-14(21)15-10-7-8-11-16(15)17-12-9-13-18(19(17)22)23-24(5,6)20(2,3)4/h7-14,21-22H,1-6H3. The summed E-state index contributed by atoms with van der Waals surface area (Å²) >= 11 is 0. The van der Waals surface area contributed by atoms with E-state index in [1.54, 1.807) is 6.92 Å². The molecule has 130 valence electrons. The van der Waals surface area contributed by atoms with Crippen molar-refractivity contribution in [2.75, 3.05) is 0 Å². The fraction of sp³-hybridized carbons (Fsp3) is 0.400. The molecule has 2 N–H and O–H groups in total. The number of aliphatic hydroxyl groups excluding tert-OH is 1. The van der Waals surface area contributed by atoms with Gasteiger partial charge in [-0.15, -0.1) is 0 Å². The van der Waals surface area contributed by atoms with E-state index in [1.165, 1.54) is 0 Å². The second-order valence-corrected chi connectivity index (χ2v) is 12.5. The Hall–Kier alpha value is -1.78. The average Bonchev–Trinajstić information content (AvgIpc) is 2.48. The van der Waals surface area contributed by atoms with Crippen molar-refractivity contribution in [3.05, 3.63) is 48.0 Å². The van der Waals surface area contributed by atoms with Crippen molar-refractivity contribution in [3.8, 4) is 22.6 Å². The first-order chi connectivity index (χ1) is 11.0. The van der Waals surface area contributed by atoms with E-state index >= 15 is 0 Å². The van der Waals surface area contributed by atoms with E-state index in [2.05, 4.69) is 33.9 Å². The molecule has 2 aromatic carbocycles. The lowest BCUT2D eigenvalue weighted by Gasteiger charge is -2.36. The number of hydrogen-bond donors (Lipinski definition) is 2. The maximum Gasteiger partial charge on any atom is 0.250 e. The van der Waals surface area contributed by atoms with Crippen LogP contribution in [0, 0.1) is 0 Å². The fourth-order valence-electron chi connectivity index (χ4n) is 2.36. The zero-order valence-electron chi connectivity index (χ0n) is 15.4. The Labute approximate surface area is 146 Å². The summed E-state index contributed by atoms with van der Waals surface area (Å²) in [5, 5.41) is 20.9. The Bertz CT molecular complexity index is 715. The molecule has 0 aromatic heterocycles. The van der Waals surface area contributed by atoms with E-state index in [-0.39, 0.29) is 10.8 Å². The SMILES string of the molecule is CC(O)c1ccccc1-c1cccc(O[Si](C)(C)C(C)(C)C)c1O. The summed E-state index contributed by atoms with van der Waals surface area (Å²) < 4.78 is 6.29.